The van der Waals surface area contributed by atoms with Gasteiger partial charge >= 0.3 is 0 Å². The molecule has 3 rings (SSSR count). The second-order valence-corrected chi connectivity index (χ2v) is 7.14. The number of rotatable bonds is 7. The molecule has 0 aliphatic rings. The number of para-hydroxylation sites is 1. The minimum absolute atomic E-state index is 0.0522. The number of ketones is 1. The second kappa shape index (κ2) is 8.31. The average Bonchev–Trinajstić information content (AvgIpc) is 2.98. The zero-order chi connectivity index (χ0) is 17.6. The van der Waals surface area contributed by atoms with E-state index in [1.807, 2.05) is 66.2 Å². The average molecular weight is 418 g/mol. The van der Waals surface area contributed by atoms with Crippen LogP contribution >= 0.6 is 27.7 Å². The van der Waals surface area contributed by atoms with Gasteiger partial charge in [-0.05, 0) is 24.3 Å². The Kier molecular flexibility index (Phi) is 5.88. The highest BCUT2D eigenvalue weighted by atomic mass is 79.9. The monoisotopic (exact) mass is 417 g/mol. The number of carbonyl (C=O) groups is 1. The molecule has 0 radical (unpaired) electrons. The van der Waals surface area contributed by atoms with Crippen LogP contribution < -0.4 is 4.74 Å². The topological polar surface area (TPSA) is 57.0 Å². The number of ether oxygens (including phenoxy) is 1. The van der Waals surface area contributed by atoms with E-state index in [1.54, 1.807) is 0 Å². The minimum atomic E-state index is 0.0522. The van der Waals surface area contributed by atoms with Gasteiger partial charge in [0.1, 0.15) is 12.4 Å². The first-order valence-corrected chi connectivity index (χ1v) is 9.39. The summed E-state index contributed by atoms with van der Waals surface area (Å²) in [6.45, 7) is 0.327. The number of nitrogens with zero attached hydrogens (tertiary/aromatic N) is 3. The Morgan fingerprint density at radius 3 is 2.72 bits per heavy atom. The molecule has 0 aliphatic carbocycles. The molecule has 7 heteroatoms. The summed E-state index contributed by atoms with van der Waals surface area (Å²) in [5.41, 5.74) is 0.677. The van der Waals surface area contributed by atoms with Gasteiger partial charge in [-0.15, -0.1) is 10.2 Å². The van der Waals surface area contributed by atoms with Crippen LogP contribution in [0.5, 0.6) is 5.75 Å². The predicted octanol–water partition coefficient (Wildman–Crippen LogP) is 4.13. The molecule has 0 saturated heterocycles. The van der Waals surface area contributed by atoms with Gasteiger partial charge in [0.25, 0.3) is 0 Å². The SMILES string of the molecule is Cn1c(COc2ccccc2)nnc1SCC(=O)c1cccc(Br)c1. The van der Waals surface area contributed by atoms with Gasteiger partial charge in [-0.25, -0.2) is 0 Å². The summed E-state index contributed by atoms with van der Waals surface area (Å²) in [5.74, 6) is 1.85. The van der Waals surface area contributed by atoms with Gasteiger partial charge in [0.2, 0.25) is 0 Å². The lowest BCUT2D eigenvalue weighted by Crippen LogP contribution is -2.06. The maximum absolute atomic E-state index is 12.3. The fraction of sp³-hybridized carbons (Fsp3) is 0.167. The van der Waals surface area contributed by atoms with Crippen molar-refractivity contribution in [3.8, 4) is 5.75 Å². The number of thioether (sulfide) groups is 1. The van der Waals surface area contributed by atoms with Crippen LogP contribution in [0, 0.1) is 0 Å². The Labute approximate surface area is 158 Å². The molecule has 0 atom stereocenters. The molecular weight excluding hydrogens is 402 g/mol. The molecule has 0 fully saturated rings. The van der Waals surface area contributed by atoms with E-state index in [1.165, 1.54) is 11.8 Å². The third-order valence-corrected chi connectivity index (χ3v) is 5.03. The molecule has 0 amide bonds. The van der Waals surface area contributed by atoms with Crippen molar-refractivity contribution < 1.29 is 9.53 Å². The van der Waals surface area contributed by atoms with Crippen LogP contribution in [0.4, 0.5) is 0 Å². The molecule has 0 bridgehead atoms. The van der Waals surface area contributed by atoms with Gasteiger partial charge in [-0.3, -0.25) is 4.79 Å². The molecule has 25 heavy (non-hydrogen) atoms. The van der Waals surface area contributed by atoms with Crippen molar-refractivity contribution in [1.82, 2.24) is 14.8 Å². The van der Waals surface area contributed by atoms with Crippen molar-refractivity contribution in [2.24, 2.45) is 7.05 Å². The molecule has 0 spiro atoms. The van der Waals surface area contributed by atoms with Gasteiger partial charge in [-0.1, -0.05) is 58.0 Å². The summed E-state index contributed by atoms with van der Waals surface area (Å²) >= 11 is 4.75. The number of Topliss-reactive ketones (excluding diaryl/α,β-unsaturated/α-hetero) is 1. The molecule has 1 heterocycles. The summed E-state index contributed by atoms with van der Waals surface area (Å²) in [5, 5.41) is 8.98. The Balaban J connectivity index is 1.58. The Morgan fingerprint density at radius 1 is 1.16 bits per heavy atom. The first kappa shape index (κ1) is 17.7. The van der Waals surface area contributed by atoms with Gasteiger partial charge in [-0.2, -0.15) is 0 Å². The fourth-order valence-electron chi connectivity index (χ4n) is 2.14. The minimum Gasteiger partial charge on any atom is -0.486 e. The largest absolute Gasteiger partial charge is 0.486 e. The van der Waals surface area contributed by atoms with Gasteiger partial charge in [0.05, 0.1) is 5.75 Å². The van der Waals surface area contributed by atoms with E-state index < -0.39 is 0 Å². The number of carbonyl (C=O) groups excluding carboxylic acids is 1. The van der Waals surface area contributed by atoms with E-state index >= 15 is 0 Å². The van der Waals surface area contributed by atoms with Crippen LogP contribution in [0.3, 0.4) is 0 Å². The Bertz CT molecular complexity index is 868. The fourth-order valence-corrected chi connectivity index (χ4v) is 3.36. The van der Waals surface area contributed by atoms with Crippen LogP contribution in [0.15, 0.2) is 64.2 Å². The summed E-state index contributed by atoms with van der Waals surface area (Å²) < 4.78 is 8.43. The van der Waals surface area contributed by atoms with Crippen molar-refractivity contribution in [1.29, 1.82) is 0 Å². The zero-order valence-electron chi connectivity index (χ0n) is 13.6. The summed E-state index contributed by atoms with van der Waals surface area (Å²) in [7, 11) is 1.87. The molecule has 0 N–H and O–H groups in total. The van der Waals surface area contributed by atoms with E-state index in [4.69, 9.17) is 4.74 Å². The zero-order valence-corrected chi connectivity index (χ0v) is 16.0. The first-order valence-electron chi connectivity index (χ1n) is 7.61. The summed E-state index contributed by atoms with van der Waals surface area (Å²) in [4.78, 5) is 12.3. The lowest BCUT2D eigenvalue weighted by atomic mass is 10.2. The molecule has 0 unspecified atom stereocenters. The quantitative estimate of drug-likeness (QED) is 0.427. The van der Waals surface area contributed by atoms with E-state index in [2.05, 4.69) is 26.1 Å². The van der Waals surface area contributed by atoms with Crippen LogP contribution in [0.25, 0.3) is 0 Å². The highest BCUT2D eigenvalue weighted by Gasteiger charge is 2.13. The normalized spacial score (nSPS) is 10.6. The third-order valence-electron chi connectivity index (χ3n) is 3.52. The number of hydrogen-bond donors (Lipinski definition) is 0. The maximum Gasteiger partial charge on any atom is 0.191 e. The second-order valence-electron chi connectivity index (χ2n) is 5.28. The van der Waals surface area contributed by atoms with Crippen LogP contribution in [-0.4, -0.2) is 26.3 Å². The van der Waals surface area contributed by atoms with E-state index in [0.29, 0.717) is 28.9 Å². The highest BCUT2D eigenvalue weighted by molar-refractivity contribution is 9.10. The van der Waals surface area contributed by atoms with E-state index in [9.17, 15) is 4.79 Å². The van der Waals surface area contributed by atoms with Gasteiger partial charge in [0, 0.05) is 17.1 Å². The summed E-state index contributed by atoms with van der Waals surface area (Å²) in [6.07, 6.45) is 0. The van der Waals surface area contributed by atoms with Crippen molar-refractivity contribution in [3.05, 3.63) is 70.5 Å². The van der Waals surface area contributed by atoms with E-state index in [0.717, 1.165) is 10.2 Å². The van der Waals surface area contributed by atoms with E-state index in [-0.39, 0.29) is 5.78 Å². The maximum atomic E-state index is 12.3. The van der Waals surface area contributed by atoms with Crippen LogP contribution in [0.2, 0.25) is 0 Å². The smallest absolute Gasteiger partial charge is 0.191 e. The molecule has 1 aromatic heterocycles. The van der Waals surface area contributed by atoms with Crippen molar-refractivity contribution in [2.75, 3.05) is 5.75 Å². The third kappa shape index (κ3) is 4.70. The van der Waals surface area contributed by atoms with Crippen LogP contribution in [-0.2, 0) is 13.7 Å². The lowest BCUT2D eigenvalue weighted by molar-refractivity contribution is 0.102. The molecule has 5 nitrogen and oxygen atoms in total. The molecule has 128 valence electrons. The molecule has 3 aromatic rings. The lowest BCUT2D eigenvalue weighted by Gasteiger charge is -2.06. The van der Waals surface area contributed by atoms with Crippen molar-refractivity contribution in [2.45, 2.75) is 11.8 Å². The number of aromatic nitrogens is 3. The number of hydrogen-bond acceptors (Lipinski definition) is 5. The van der Waals surface area contributed by atoms with Crippen LogP contribution in [0.1, 0.15) is 16.2 Å². The van der Waals surface area contributed by atoms with Crippen molar-refractivity contribution >= 4 is 33.5 Å². The highest BCUT2D eigenvalue weighted by Crippen LogP contribution is 2.20. The molecular formula is C18H16BrN3O2S. The number of halogens is 1. The molecule has 0 aliphatic heterocycles. The Morgan fingerprint density at radius 2 is 1.96 bits per heavy atom. The van der Waals surface area contributed by atoms with Crippen molar-refractivity contribution in [3.63, 3.8) is 0 Å². The summed E-state index contributed by atoms with van der Waals surface area (Å²) in [6, 6.07) is 16.9. The number of benzene rings is 2. The first-order chi connectivity index (χ1) is 12.1. The molecule has 0 saturated carbocycles. The van der Waals surface area contributed by atoms with Gasteiger partial charge in [0.15, 0.2) is 16.8 Å². The molecule has 2 aromatic carbocycles. The predicted molar refractivity (Wildman–Crippen MR) is 101 cm³/mol. The Hall–Kier alpha value is -2.12. The van der Waals surface area contributed by atoms with Gasteiger partial charge < -0.3 is 9.30 Å². The standard InChI is InChI=1S/C18H16BrN3O2S/c1-22-17(11-24-15-8-3-2-4-9-15)20-21-18(22)25-12-16(23)13-6-5-7-14(19)10-13/h2-10H,11-12H2,1H3.